The van der Waals surface area contributed by atoms with Crippen molar-refractivity contribution in [2.75, 3.05) is 0 Å². The standard InChI is InChI=1S/C24F16/c25-9-1-2(10(26)18(34)17(9)33)4-6(14(30)22(38)21(37)13(4)29)8-7(15(31)23(39)24(40)16(8)32)5-3(1)11(27)19(35)20(36)12(5)28/b3-1-,4-2-,7-5-,8-6-. The molecule has 1 aliphatic carbocycles. The van der Waals surface area contributed by atoms with Crippen molar-refractivity contribution in [2.24, 2.45) is 0 Å². The van der Waals surface area contributed by atoms with E-state index in [1.54, 1.807) is 0 Å². The summed E-state index contributed by atoms with van der Waals surface area (Å²) >= 11 is 0. The molecule has 5 rings (SSSR count). The average molecular weight is 592 g/mol. The maximum absolute atomic E-state index is 15.1. The van der Waals surface area contributed by atoms with E-state index in [0.29, 0.717) is 0 Å². The third-order valence-corrected chi connectivity index (χ3v) is 6.07. The molecule has 0 nitrogen and oxygen atoms in total. The van der Waals surface area contributed by atoms with E-state index < -0.39 is 135 Å². The zero-order valence-electron chi connectivity index (χ0n) is 18.0. The van der Waals surface area contributed by atoms with E-state index >= 15 is 35.1 Å². The van der Waals surface area contributed by atoms with Gasteiger partial charge in [0.2, 0.25) is 0 Å². The molecular weight excluding hydrogens is 592 g/mol. The van der Waals surface area contributed by atoms with Gasteiger partial charge in [-0.3, -0.25) is 0 Å². The van der Waals surface area contributed by atoms with Crippen LogP contribution in [0.4, 0.5) is 70.2 Å². The van der Waals surface area contributed by atoms with Crippen molar-refractivity contribution >= 4 is 0 Å². The molecule has 0 saturated heterocycles. The summed E-state index contributed by atoms with van der Waals surface area (Å²) in [5, 5.41) is -19.4. The minimum atomic E-state index is -2.98. The van der Waals surface area contributed by atoms with Gasteiger partial charge in [0, 0.05) is 41.7 Å². The van der Waals surface area contributed by atoms with E-state index in [9.17, 15) is 35.1 Å². The second-order valence-corrected chi connectivity index (χ2v) is 8.02. The molecule has 0 amide bonds. The van der Waals surface area contributed by atoms with Gasteiger partial charge in [0.15, 0.2) is 93.1 Å². The van der Waals surface area contributed by atoms with Gasteiger partial charge in [-0.1, -0.05) is 0 Å². The average Bonchev–Trinajstić information content (AvgIpc) is 2.92. The third kappa shape index (κ3) is 3.12. The molecule has 0 fully saturated rings. The van der Waals surface area contributed by atoms with Crippen LogP contribution in [-0.4, -0.2) is 0 Å². The molecule has 0 saturated carbocycles. The van der Waals surface area contributed by atoms with Crippen molar-refractivity contribution in [1.82, 2.24) is 0 Å². The molecule has 1 aliphatic rings. The zero-order valence-corrected chi connectivity index (χ0v) is 18.0. The van der Waals surface area contributed by atoms with Gasteiger partial charge in [-0.2, -0.15) is 0 Å². The largest absolute Gasteiger partial charge is 0.203 e. The Balaban J connectivity index is 2.73. The molecule has 0 N–H and O–H groups in total. The smallest absolute Gasteiger partial charge is 0.198 e. The lowest BCUT2D eigenvalue weighted by molar-refractivity contribution is 0.385. The first-order valence-electron chi connectivity index (χ1n) is 10.0. The first-order chi connectivity index (χ1) is 18.6. The summed E-state index contributed by atoms with van der Waals surface area (Å²) in [6, 6.07) is 0. The van der Waals surface area contributed by atoms with Crippen LogP contribution < -0.4 is 0 Å². The molecule has 0 radical (unpaired) electrons. The highest BCUT2D eigenvalue weighted by atomic mass is 19.2. The Morgan fingerprint density at radius 2 is 0.200 bits per heavy atom. The third-order valence-electron chi connectivity index (χ3n) is 6.07. The summed E-state index contributed by atoms with van der Waals surface area (Å²) in [5.41, 5.74) is 0. The number of fused-ring (bicyclic) bond motifs is 4. The fourth-order valence-corrected chi connectivity index (χ4v) is 4.40. The molecule has 0 aliphatic heterocycles. The van der Waals surface area contributed by atoms with Crippen molar-refractivity contribution in [3.63, 3.8) is 0 Å². The molecular formula is C24F16. The van der Waals surface area contributed by atoms with Crippen molar-refractivity contribution in [3.8, 4) is 0 Å². The predicted molar refractivity (Wildman–Crippen MR) is 95.8 cm³/mol. The van der Waals surface area contributed by atoms with Crippen molar-refractivity contribution in [1.29, 1.82) is 0 Å². The maximum atomic E-state index is 15.1. The number of hydrogen-bond acceptors (Lipinski definition) is 0. The summed E-state index contributed by atoms with van der Waals surface area (Å²) in [6.45, 7) is 0. The topological polar surface area (TPSA) is 0 Å². The van der Waals surface area contributed by atoms with Crippen LogP contribution in [0.3, 0.4) is 0 Å². The molecule has 40 heavy (non-hydrogen) atoms. The zero-order chi connectivity index (χ0) is 29.9. The number of rotatable bonds is 0. The van der Waals surface area contributed by atoms with Crippen molar-refractivity contribution in [2.45, 2.75) is 0 Å². The number of halogens is 16. The van der Waals surface area contributed by atoms with Crippen molar-refractivity contribution < 1.29 is 70.2 Å². The summed E-state index contributed by atoms with van der Waals surface area (Å²) < 4.78 is 235. The van der Waals surface area contributed by atoms with Crippen LogP contribution in [0, 0.1) is 135 Å². The van der Waals surface area contributed by atoms with E-state index in [1.807, 2.05) is 0 Å². The Hall–Kier alpha value is -4.24. The van der Waals surface area contributed by atoms with E-state index in [-0.39, 0.29) is 0 Å². The minimum Gasteiger partial charge on any atom is -0.203 e. The second kappa shape index (κ2) is 8.63. The normalized spacial score (nSPS) is 15.6. The highest BCUT2D eigenvalue weighted by Crippen LogP contribution is 2.30. The Morgan fingerprint density at radius 1 is 0.125 bits per heavy atom. The van der Waals surface area contributed by atoms with Gasteiger partial charge < -0.3 is 0 Å². The van der Waals surface area contributed by atoms with Gasteiger partial charge in [0.1, 0.15) is 0 Å². The van der Waals surface area contributed by atoms with Gasteiger partial charge in [-0.05, 0) is 0 Å². The fourth-order valence-electron chi connectivity index (χ4n) is 4.40. The van der Waals surface area contributed by atoms with E-state index in [2.05, 4.69) is 0 Å². The molecule has 0 heterocycles. The van der Waals surface area contributed by atoms with Gasteiger partial charge >= 0.3 is 0 Å². The Labute approximate surface area is 205 Å². The SMILES string of the molecule is Fc1c(F)c(F)c2/c(c1F)=c1/c(F)c(F)c(F)c(F)/c1=c1\c(F)c(F)c(F)c(F)\c1=c1/c(F)c(F)c(F)c(F)/c1=2. The second-order valence-electron chi connectivity index (χ2n) is 8.02. The van der Waals surface area contributed by atoms with Crippen LogP contribution in [0.5, 0.6) is 0 Å². The van der Waals surface area contributed by atoms with Crippen LogP contribution in [-0.2, 0) is 0 Å². The Kier molecular flexibility index (Phi) is 5.90. The van der Waals surface area contributed by atoms with E-state index in [1.165, 1.54) is 0 Å². The van der Waals surface area contributed by atoms with Crippen LogP contribution in [0.15, 0.2) is 0 Å². The first-order valence-corrected chi connectivity index (χ1v) is 10.0. The highest BCUT2D eigenvalue weighted by Gasteiger charge is 2.31. The monoisotopic (exact) mass is 592 g/mol. The van der Waals surface area contributed by atoms with Crippen molar-refractivity contribution in [3.05, 3.63) is 135 Å². The summed E-state index contributed by atoms with van der Waals surface area (Å²) in [7, 11) is 0. The van der Waals surface area contributed by atoms with Crippen LogP contribution in [0.1, 0.15) is 0 Å². The molecule has 208 valence electrons. The fraction of sp³-hybridized carbons (Fsp3) is 0. The van der Waals surface area contributed by atoms with E-state index in [0.717, 1.165) is 0 Å². The molecule has 16 heteroatoms. The minimum absolute atomic E-state index is 2.43. The highest BCUT2D eigenvalue weighted by molar-refractivity contribution is 5.35. The van der Waals surface area contributed by atoms with Crippen LogP contribution in [0.2, 0.25) is 0 Å². The van der Waals surface area contributed by atoms with Crippen LogP contribution in [0.25, 0.3) is 0 Å². The Morgan fingerprint density at radius 3 is 0.275 bits per heavy atom. The molecule has 0 bridgehead atoms. The number of benzene rings is 4. The first kappa shape index (κ1) is 27.3. The van der Waals surface area contributed by atoms with Crippen LogP contribution >= 0.6 is 0 Å². The number of hydrogen-bond donors (Lipinski definition) is 0. The molecule has 4 aromatic rings. The van der Waals surface area contributed by atoms with Gasteiger partial charge in [0.25, 0.3) is 0 Å². The predicted octanol–water partition coefficient (Wildman–Crippen LogP) is 7.37. The lowest BCUT2D eigenvalue weighted by Crippen LogP contribution is -2.12. The quantitative estimate of drug-likeness (QED) is 0.100. The molecule has 0 atom stereocenters. The van der Waals surface area contributed by atoms with Gasteiger partial charge in [0.05, 0.1) is 0 Å². The molecule has 0 spiro atoms. The molecule has 4 aromatic carbocycles. The summed E-state index contributed by atoms with van der Waals surface area (Å²) in [4.78, 5) is 0. The van der Waals surface area contributed by atoms with Gasteiger partial charge in [-0.15, -0.1) is 0 Å². The summed E-state index contributed by atoms with van der Waals surface area (Å²) in [5.74, 6) is -47.4. The van der Waals surface area contributed by atoms with E-state index in [4.69, 9.17) is 0 Å². The summed E-state index contributed by atoms with van der Waals surface area (Å²) in [6.07, 6.45) is 0. The lowest BCUT2D eigenvalue weighted by atomic mass is 9.98. The lowest BCUT2D eigenvalue weighted by Gasteiger charge is -2.11. The Bertz CT molecular complexity index is 1750. The maximum Gasteiger partial charge on any atom is 0.198 e. The van der Waals surface area contributed by atoms with Gasteiger partial charge in [-0.25, -0.2) is 70.2 Å². The molecule has 0 unspecified atom stereocenters. The molecule has 0 aromatic heterocycles.